The molecule has 0 aliphatic carbocycles. The Hall–Kier alpha value is -2.17. The summed E-state index contributed by atoms with van der Waals surface area (Å²) in [6.07, 6.45) is 0. The number of nitrogens with zero attached hydrogens (tertiary/aromatic N) is 1. The van der Waals surface area contributed by atoms with Gasteiger partial charge in [-0.25, -0.2) is 4.39 Å². The molecule has 5 heteroatoms. The van der Waals surface area contributed by atoms with Crippen LogP contribution in [-0.2, 0) is 6.61 Å². The molecule has 3 rings (SSSR count). The van der Waals surface area contributed by atoms with Gasteiger partial charge in [-0.15, -0.1) is 0 Å². The topological polar surface area (TPSA) is 46.3 Å². The molecule has 0 atom stereocenters. The molecule has 3 nitrogen and oxygen atoms in total. The third-order valence-electron chi connectivity index (χ3n) is 3.18. The van der Waals surface area contributed by atoms with Crippen LogP contribution in [0, 0.1) is 5.82 Å². The van der Waals surface area contributed by atoms with E-state index in [9.17, 15) is 9.50 Å². The van der Waals surface area contributed by atoms with Gasteiger partial charge in [0.15, 0.2) is 5.76 Å². The van der Waals surface area contributed by atoms with Gasteiger partial charge in [-0.3, -0.25) is 0 Å². The van der Waals surface area contributed by atoms with Crippen molar-refractivity contribution >= 4 is 11.6 Å². The van der Waals surface area contributed by atoms with Crippen LogP contribution in [0.5, 0.6) is 0 Å². The van der Waals surface area contributed by atoms with Crippen molar-refractivity contribution in [3.63, 3.8) is 0 Å². The van der Waals surface area contributed by atoms with E-state index in [2.05, 4.69) is 5.16 Å². The maximum Gasteiger partial charge on any atom is 0.174 e. The largest absolute Gasteiger partial charge is 0.391 e. The number of aliphatic hydroxyl groups excluding tert-OH is 1. The normalized spacial score (nSPS) is 10.8. The molecule has 1 N–H and O–H groups in total. The van der Waals surface area contributed by atoms with Gasteiger partial charge >= 0.3 is 0 Å². The van der Waals surface area contributed by atoms with Crippen LogP contribution in [0.4, 0.5) is 4.39 Å². The molecule has 0 fully saturated rings. The first-order valence-electron chi connectivity index (χ1n) is 6.31. The maximum atomic E-state index is 13.0. The van der Waals surface area contributed by atoms with Crippen LogP contribution in [0.25, 0.3) is 22.6 Å². The van der Waals surface area contributed by atoms with Crippen LogP contribution < -0.4 is 0 Å². The quantitative estimate of drug-likeness (QED) is 0.785. The fourth-order valence-electron chi connectivity index (χ4n) is 2.15. The zero-order valence-corrected chi connectivity index (χ0v) is 11.6. The van der Waals surface area contributed by atoms with Gasteiger partial charge in [0.25, 0.3) is 0 Å². The minimum absolute atomic E-state index is 0.253. The molecule has 0 amide bonds. The van der Waals surface area contributed by atoms with Crippen LogP contribution in [0.15, 0.2) is 53.1 Å². The second-order valence-corrected chi connectivity index (χ2v) is 4.89. The molecule has 2 aromatic carbocycles. The zero-order chi connectivity index (χ0) is 14.8. The lowest BCUT2D eigenvalue weighted by molar-refractivity contribution is 0.281. The minimum Gasteiger partial charge on any atom is -0.391 e. The fraction of sp³-hybridized carbons (Fsp3) is 0.0625. The average Bonchev–Trinajstić information content (AvgIpc) is 2.92. The van der Waals surface area contributed by atoms with Crippen molar-refractivity contribution in [3.05, 3.63) is 64.9 Å². The monoisotopic (exact) mass is 303 g/mol. The standard InChI is InChI=1S/C16H11ClFNO2/c17-14-4-2-1-3-12(14)16-13(9-20)15(19-21-16)10-5-7-11(18)8-6-10/h1-8,20H,9H2. The summed E-state index contributed by atoms with van der Waals surface area (Å²) in [5, 5.41) is 14.1. The van der Waals surface area contributed by atoms with Gasteiger partial charge in [0, 0.05) is 11.1 Å². The smallest absolute Gasteiger partial charge is 0.174 e. The Balaban J connectivity index is 2.13. The van der Waals surface area contributed by atoms with Crippen molar-refractivity contribution in [2.45, 2.75) is 6.61 Å². The Morgan fingerprint density at radius 1 is 1.10 bits per heavy atom. The first-order chi connectivity index (χ1) is 10.2. The van der Waals surface area contributed by atoms with Crippen LogP contribution in [0.1, 0.15) is 5.56 Å². The maximum absolute atomic E-state index is 13.0. The molecule has 21 heavy (non-hydrogen) atoms. The number of aliphatic hydroxyl groups is 1. The summed E-state index contributed by atoms with van der Waals surface area (Å²) in [5.41, 5.74) is 2.33. The second-order valence-electron chi connectivity index (χ2n) is 4.48. The van der Waals surface area contributed by atoms with Gasteiger partial charge in [0.05, 0.1) is 17.2 Å². The number of aromatic nitrogens is 1. The average molecular weight is 304 g/mol. The lowest BCUT2D eigenvalue weighted by Crippen LogP contribution is -1.89. The first kappa shape index (κ1) is 13.8. The van der Waals surface area contributed by atoms with E-state index in [4.69, 9.17) is 16.1 Å². The molecular weight excluding hydrogens is 293 g/mol. The number of hydrogen-bond acceptors (Lipinski definition) is 3. The summed E-state index contributed by atoms with van der Waals surface area (Å²) in [5.74, 6) is 0.0848. The van der Waals surface area contributed by atoms with Gasteiger partial charge in [0.1, 0.15) is 11.5 Å². The van der Waals surface area contributed by atoms with E-state index < -0.39 is 0 Å². The predicted octanol–water partition coefficient (Wildman–Crippen LogP) is 4.29. The van der Waals surface area contributed by atoms with E-state index in [-0.39, 0.29) is 12.4 Å². The molecule has 0 saturated carbocycles. The Labute approximate surface area is 125 Å². The van der Waals surface area contributed by atoms with E-state index in [1.54, 1.807) is 24.3 Å². The van der Waals surface area contributed by atoms with Crippen LogP contribution in [0.3, 0.4) is 0 Å². The molecule has 1 heterocycles. The highest BCUT2D eigenvalue weighted by molar-refractivity contribution is 6.33. The highest BCUT2D eigenvalue weighted by Crippen LogP contribution is 2.35. The molecule has 0 radical (unpaired) electrons. The summed E-state index contributed by atoms with van der Waals surface area (Å²) < 4.78 is 18.3. The van der Waals surface area contributed by atoms with Gasteiger partial charge in [0.2, 0.25) is 0 Å². The van der Waals surface area contributed by atoms with E-state index in [1.807, 2.05) is 12.1 Å². The molecule has 106 valence electrons. The SMILES string of the molecule is OCc1c(-c2ccc(F)cc2)noc1-c1ccccc1Cl. The molecule has 3 aromatic rings. The molecule has 0 spiro atoms. The number of halogens is 2. The molecule has 1 aromatic heterocycles. The predicted molar refractivity (Wildman–Crippen MR) is 78.3 cm³/mol. The van der Waals surface area contributed by atoms with Crippen molar-refractivity contribution in [1.29, 1.82) is 0 Å². The van der Waals surface area contributed by atoms with Crippen molar-refractivity contribution < 1.29 is 14.0 Å². The van der Waals surface area contributed by atoms with E-state index in [1.165, 1.54) is 12.1 Å². The van der Waals surface area contributed by atoms with Crippen LogP contribution >= 0.6 is 11.6 Å². The fourth-order valence-corrected chi connectivity index (χ4v) is 2.37. The molecular formula is C16H11ClFNO2. The van der Waals surface area contributed by atoms with E-state index >= 15 is 0 Å². The van der Waals surface area contributed by atoms with Gasteiger partial charge in [-0.2, -0.15) is 0 Å². The van der Waals surface area contributed by atoms with E-state index in [0.717, 1.165) is 0 Å². The molecule has 0 aliphatic heterocycles. The number of hydrogen-bond donors (Lipinski definition) is 1. The third-order valence-corrected chi connectivity index (χ3v) is 3.51. The lowest BCUT2D eigenvalue weighted by atomic mass is 10.0. The lowest BCUT2D eigenvalue weighted by Gasteiger charge is -2.03. The van der Waals surface area contributed by atoms with E-state index in [0.29, 0.717) is 33.2 Å². The highest BCUT2D eigenvalue weighted by atomic mass is 35.5. The van der Waals surface area contributed by atoms with Gasteiger partial charge in [-0.1, -0.05) is 28.9 Å². The summed E-state index contributed by atoms with van der Waals surface area (Å²) in [6, 6.07) is 13.0. The van der Waals surface area contributed by atoms with Crippen molar-refractivity contribution in [2.24, 2.45) is 0 Å². The van der Waals surface area contributed by atoms with Crippen LogP contribution in [-0.4, -0.2) is 10.3 Å². The van der Waals surface area contributed by atoms with Crippen molar-refractivity contribution in [2.75, 3.05) is 0 Å². The van der Waals surface area contributed by atoms with Crippen LogP contribution in [0.2, 0.25) is 5.02 Å². The number of benzene rings is 2. The van der Waals surface area contributed by atoms with Gasteiger partial charge < -0.3 is 9.63 Å². The van der Waals surface area contributed by atoms with Gasteiger partial charge in [-0.05, 0) is 36.4 Å². The Bertz CT molecular complexity index is 768. The summed E-state index contributed by atoms with van der Waals surface area (Å²) in [7, 11) is 0. The Morgan fingerprint density at radius 3 is 2.48 bits per heavy atom. The molecule has 0 unspecified atom stereocenters. The molecule has 0 aliphatic rings. The molecule has 0 saturated heterocycles. The second kappa shape index (κ2) is 5.68. The Kier molecular flexibility index (Phi) is 3.73. The zero-order valence-electron chi connectivity index (χ0n) is 10.9. The first-order valence-corrected chi connectivity index (χ1v) is 6.68. The summed E-state index contributed by atoms with van der Waals surface area (Å²) in [6.45, 7) is -0.253. The van der Waals surface area contributed by atoms with Crippen molar-refractivity contribution in [3.8, 4) is 22.6 Å². The summed E-state index contributed by atoms with van der Waals surface area (Å²) in [4.78, 5) is 0. The Morgan fingerprint density at radius 2 is 1.81 bits per heavy atom. The summed E-state index contributed by atoms with van der Waals surface area (Å²) >= 11 is 6.14. The number of rotatable bonds is 3. The minimum atomic E-state index is -0.334. The van der Waals surface area contributed by atoms with Crippen molar-refractivity contribution in [1.82, 2.24) is 5.16 Å². The highest BCUT2D eigenvalue weighted by Gasteiger charge is 2.19. The third kappa shape index (κ3) is 2.55. The molecule has 0 bridgehead atoms.